The van der Waals surface area contributed by atoms with Crippen molar-refractivity contribution in [1.82, 2.24) is 10.1 Å². The van der Waals surface area contributed by atoms with Crippen LogP contribution < -0.4 is 5.14 Å². The fourth-order valence-corrected chi connectivity index (χ4v) is 2.61. The molecule has 0 atom stereocenters. The predicted octanol–water partition coefficient (Wildman–Crippen LogP) is 2.02. The standard InChI is InChI=1S/C16H11F2N3O5S/c17-10-3-1-9(2-4-10)15-20-14(26-21-15)8-25-16(22)12-7-11(27(19,23)24)5-6-13(12)18/h1-7H,8H2,(H2,19,23,24). The largest absolute Gasteiger partial charge is 0.452 e. The number of ether oxygens (including phenoxy) is 1. The van der Waals surface area contributed by atoms with E-state index in [-0.39, 0.29) is 11.7 Å². The second-order valence-corrected chi connectivity index (χ2v) is 6.84. The Morgan fingerprint density at radius 1 is 1.15 bits per heavy atom. The van der Waals surface area contributed by atoms with Crippen LogP contribution in [0.5, 0.6) is 0 Å². The average molecular weight is 395 g/mol. The fraction of sp³-hybridized carbons (Fsp3) is 0.0625. The molecule has 8 nitrogen and oxygen atoms in total. The third-order valence-corrected chi connectivity index (χ3v) is 4.29. The first-order chi connectivity index (χ1) is 12.7. The van der Waals surface area contributed by atoms with E-state index in [9.17, 15) is 22.0 Å². The van der Waals surface area contributed by atoms with Crippen LogP contribution in [0.15, 0.2) is 51.9 Å². The van der Waals surface area contributed by atoms with Crippen molar-refractivity contribution in [3.8, 4) is 11.4 Å². The van der Waals surface area contributed by atoms with Gasteiger partial charge in [-0.25, -0.2) is 27.1 Å². The Hall–Kier alpha value is -3.18. The molecule has 11 heteroatoms. The van der Waals surface area contributed by atoms with Crippen molar-refractivity contribution in [2.45, 2.75) is 11.5 Å². The van der Waals surface area contributed by atoms with Crippen LogP contribution in [-0.4, -0.2) is 24.5 Å². The van der Waals surface area contributed by atoms with Gasteiger partial charge in [-0.2, -0.15) is 4.98 Å². The predicted molar refractivity (Wildman–Crippen MR) is 86.6 cm³/mol. The highest BCUT2D eigenvalue weighted by Gasteiger charge is 2.19. The molecule has 0 aliphatic heterocycles. The molecule has 0 saturated carbocycles. The molecule has 0 radical (unpaired) electrons. The molecule has 0 bridgehead atoms. The van der Waals surface area contributed by atoms with Crippen LogP contribution in [0.4, 0.5) is 8.78 Å². The van der Waals surface area contributed by atoms with Gasteiger partial charge in [0.1, 0.15) is 11.6 Å². The summed E-state index contributed by atoms with van der Waals surface area (Å²) in [4.78, 5) is 15.5. The number of primary sulfonamides is 1. The van der Waals surface area contributed by atoms with Gasteiger partial charge in [-0.15, -0.1) is 0 Å². The minimum atomic E-state index is -4.12. The number of hydrogen-bond acceptors (Lipinski definition) is 7. The highest BCUT2D eigenvalue weighted by Crippen LogP contribution is 2.18. The van der Waals surface area contributed by atoms with Crippen LogP contribution in [0.25, 0.3) is 11.4 Å². The molecule has 0 unspecified atom stereocenters. The number of carbonyl (C=O) groups excluding carboxylic acids is 1. The Bertz CT molecular complexity index is 1100. The zero-order chi connectivity index (χ0) is 19.6. The van der Waals surface area contributed by atoms with E-state index >= 15 is 0 Å². The number of benzene rings is 2. The Balaban J connectivity index is 1.72. The first kappa shape index (κ1) is 18.6. The van der Waals surface area contributed by atoms with Gasteiger partial charge in [0, 0.05) is 5.56 Å². The summed E-state index contributed by atoms with van der Waals surface area (Å²) in [5.41, 5.74) is -0.135. The second kappa shape index (κ2) is 7.21. The van der Waals surface area contributed by atoms with Crippen LogP contribution in [0.3, 0.4) is 0 Å². The molecular formula is C16H11F2N3O5S. The minimum absolute atomic E-state index is 0.0920. The molecule has 2 N–H and O–H groups in total. The normalized spacial score (nSPS) is 11.4. The van der Waals surface area contributed by atoms with Gasteiger partial charge in [-0.05, 0) is 42.5 Å². The molecule has 0 aliphatic rings. The topological polar surface area (TPSA) is 125 Å². The molecule has 27 heavy (non-hydrogen) atoms. The lowest BCUT2D eigenvalue weighted by Gasteiger charge is -2.05. The van der Waals surface area contributed by atoms with Crippen LogP contribution in [0.2, 0.25) is 0 Å². The highest BCUT2D eigenvalue weighted by molar-refractivity contribution is 7.89. The van der Waals surface area contributed by atoms with Crippen molar-refractivity contribution in [1.29, 1.82) is 0 Å². The third kappa shape index (κ3) is 4.33. The Kier molecular flexibility index (Phi) is 4.97. The van der Waals surface area contributed by atoms with Gasteiger partial charge in [0.2, 0.25) is 15.8 Å². The molecule has 0 saturated heterocycles. The van der Waals surface area contributed by atoms with E-state index in [0.29, 0.717) is 5.56 Å². The molecule has 2 aromatic carbocycles. The van der Waals surface area contributed by atoms with Crippen LogP contribution in [-0.2, 0) is 21.4 Å². The number of aromatic nitrogens is 2. The summed E-state index contributed by atoms with van der Waals surface area (Å²) in [6, 6.07) is 7.78. The molecule has 1 heterocycles. The van der Waals surface area contributed by atoms with E-state index in [4.69, 9.17) is 14.4 Å². The van der Waals surface area contributed by atoms with Crippen LogP contribution in [0, 0.1) is 11.6 Å². The average Bonchev–Trinajstić information content (AvgIpc) is 3.08. The quantitative estimate of drug-likeness (QED) is 0.655. The number of carbonyl (C=O) groups is 1. The summed E-state index contributed by atoms with van der Waals surface area (Å²) in [6.07, 6.45) is 0. The summed E-state index contributed by atoms with van der Waals surface area (Å²) < 4.78 is 59.1. The number of hydrogen-bond donors (Lipinski definition) is 1. The number of esters is 1. The van der Waals surface area contributed by atoms with Gasteiger partial charge in [0.15, 0.2) is 6.61 Å². The van der Waals surface area contributed by atoms with E-state index in [1.165, 1.54) is 24.3 Å². The summed E-state index contributed by atoms with van der Waals surface area (Å²) in [5.74, 6) is -2.50. The van der Waals surface area contributed by atoms with Gasteiger partial charge in [-0.1, -0.05) is 5.16 Å². The van der Waals surface area contributed by atoms with Gasteiger partial charge in [-0.3, -0.25) is 0 Å². The van der Waals surface area contributed by atoms with Crippen LogP contribution in [0.1, 0.15) is 16.2 Å². The molecule has 0 amide bonds. The Morgan fingerprint density at radius 3 is 2.52 bits per heavy atom. The SMILES string of the molecule is NS(=O)(=O)c1ccc(F)c(C(=O)OCc2nc(-c3ccc(F)cc3)no2)c1. The number of sulfonamides is 1. The second-order valence-electron chi connectivity index (χ2n) is 5.28. The Labute approximate surface area is 151 Å². The first-order valence-corrected chi connectivity index (χ1v) is 8.86. The minimum Gasteiger partial charge on any atom is -0.452 e. The van der Waals surface area contributed by atoms with E-state index in [2.05, 4.69) is 10.1 Å². The number of nitrogens with zero attached hydrogens (tertiary/aromatic N) is 2. The lowest BCUT2D eigenvalue weighted by Crippen LogP contribution is -2.14. The molecule has 3 rings (SSSR count). The van der Waals surface area contributed by atoms with E-state index in [1.54, 1.807) is 0 Å². The van der Waals surface area contributed by atoms with E-state index in [1.807, 2.05) is 0 Å². The summed E-state index contributed by atoms with van der Waals surface area (Å²) in [6.45, 7) is -0.480. The third-order valence-electron chi connectivity index (χ3n) is 3.38. The van der Waals surface area contributed by atoms with Crippen LogP contribution >= 0.6 is 0 Å². The molecule has 0 fully saturated rings. The van der Waals surface area contributed by atoms with Gasteiger partial charge < -0.3 is 9.26 Å². The number of nitrogens with two attached hydrogens (primary N) is 1. The molecule has 3 aromatic rings. The maximum Gasteiger partial charge on any atom is 0.341 e. The summed E-state index contributed by atoms with van der Waals surface area (Å²) >= 11 is 0. The van der Waals surface area contributed by atoms with Gasteiger partial charge in [0.25, 0.3) is 5.89 Å². The van der Waals surface area contributed by atoms with Crippen molar-refractivity contribution in [2.75, 3.05) is 0 Å². The number of rotatable bonds is 5. The molecular weight excluding hydrogens is 384 g/mol. The molecule has 1 aromatic heterocycles. The maximum atomic E-state index is 13.8. The van der Waals surface area contributed by atoms with Crippen molar-refractivity contribution >= 4 is 16.0 Å². The monoisotopic (exact) mass is 395 g/mol. The first-order valence-electron chi connectivity index (χ1n) is 7.32. The summed E-state index contributed by atoms with van der Waals surface area (Å²) in [5, 5.41) is 8.61. The lowest BCUT2D eigenvalue weighted by atomic mass is 10.2. The van der Waals surface area contributed by atoms with E-state index < -0.39 is 44.7 Å². The molecule has 0 spiro atoms. The highest BCUT2D eigenvalue weighted by atomic mass is 32.2. The summed E-state index contributed by atoms with van der Waals surface area (Å²) in [7, 11) is -4.12. The van der Waals surface area contributed by atoms with Gasteiger partial charge >= 0.3 is 5.97 Å². The van der Waals surface area contributed by atoms with Gasteiger partial charge in [0.05, 0.1) is 10.5 Å². The van der Waals surface area contributed by atoms with Crippen molar-refractivity contribution < 1.29 is 31.3 Å². The van der Waals surface area contributed by atoms with Crippen molar-refractivity contribution in [2.24, 2.45) is 5.14 Å². The van der Waals surface area contributed by atoms with E-state index in [0.717, 1.165) is 18.2 Å². The zero-order valence-electron chi connectivity index (χ0n) is 13.4. The molecule has 0 aliphatic carbocycles. The lowest BCUT2D eigenvalue weighted by molar-refractivity contribution is 0.0424. The smallest absolute Gasteiger partial charge is 0.341 e. The Morgan fingerprint density at radius 2 is 1.85 bits per heavy atom. The number of halogens is 2. The van der Waals surface area contributed by atoms with Crippen molar-refractivity contribution in [3.05, 3.63) is 65.6 Å². The maximum absolute atomic E-state index is 13.8. The van der Waals surface area contributed by atoms with Crippen molar-refractivity contribution in [3.63, 3.8) is 0 Å². The fourth-order valence-electron chi connectivity index (χ4n) is 2.07. The molecule has 140 valence electrons. The zero-order valence-corrected chi connectivity index (χ0v) is 14.2.